The highest BCUT2D eigenvalue weighted by atomic mass is 16.5. The van der Waals surface area contributed by atoms with Crippen LogP contribution in [-0.4, -0.2) is 54.0 Å². The molecule has 1 aromatic carbocycles. The largest absolute Gasteiger partial charge is 0.454 e. The zero-order valence-electron chi connectivity index (χ0n) is 16.8. The van der Waals surface area contributed by atoms with E-state index in [0.29, 0.717) is 12.1 Å². The average Bonchev–Trinajstić information content (AvgIpc) is 2.98. The summed E-state index contributed by atoms with van der Waals surface area (Å²) in [7, 11) is 0. The number of ether oxygens (including phenoxy) is 1. The van der Waals surface area contributed by atoms with Gasteiger partial charge in [-0.3, -0.25) is 24.2 Å². The van der Waals surface area contributed by atoms with Gasteiger partial charge in [0, 0.05) is 5.69 Å². The molecule has 30 heavy (non-hydrogen) atoms. The highest BCUT2D eigenvalue weighted by molar-refractivity contribution is 6.09. The average molecular weight is 412 g/mol. The molecule has 1 saturated heterocycles. The van der Waals surface area contributed by atoms with E-state index in [0.717, 1.165) is 24.2 Å². The van der Waals surface area contributed by atoms with Gasteiger partial charge in [0.15, 0.2) is 6.61 Å². The Balaban J connectivity index is 1.59. The molecule has 158 valence electrons. The minimum Gasteiger partial charge on any atom is -0.454 e. The molecule has 0 bridgehead atoms. The van der Waals surface area contributed by atoms with E-state index in [4.69, 9.17) is 10.00 Å². The number of carbonyl (C=O) groups is 4. The summed E-state index contributed by atoms with van der Waals surface area (Å²) in [5.74, 6) is -1.88. The molecule has 0 radical (unpaired) electrons. The second-order valence-corrected chi connectivity index (χ2v) is 7.57. The summed E-state index contributed by atoms with van der Waals surface area (Å²) in [4.78, 5) is 51.9. The predicted octanol–water partition coefficient (Wildman–Crippen LogP) is 1.59. The summed E-state index contributed by atoms with van der Waals surface area (Å²) < 4.78 is 5.00. The van der Waals surface area contributed by atoms with Crippen LogP contribution in [0.2, 0.25) is 0 Å². The molecule has 1 spiro atoms. The number of carbonyl (C=O) groups excluding carboxylic acids is 4. The molecule has 2 atom stereocenters. The number of nitrogens with zero attached hydrogens (tertiary/aromatic N) is 3. The van der Waals surface area contributed by atoms with Crippen LogP contribution in [0.1, 0.15) is 32.6 Å². The molecular formula is C21H24N4O5. The molecule has 2 aliphatic rings. The fraction of sp³-hybridized carbons (Fsp3) is 0.476. The second-order valence-electron chi connectivity index (χ2n) is 7.57. The molecule has 0 aromatic heterocycles. The number of hydrogen-bond acceptors (Lipinski definition) is 6. The minimum atomic E-state index is -0.956. The number of para-hydroxylation sites is 1. The summed E-state index contributed by atoms with van der Waals surface area (Å²) in [5.41, 5.74) is -0.454. The van der Waals surface area contributed by atoms with Gasteiger partial charge in [-0.2, -0.15) is 5.26 Å². The van der Waals surface area contributed by atoms with Crippen LogP contribution in [0.5, 0.6) is 0 Å². The van der Waals surface area contributed by atoms with Crippen molar-refractivity contribution in [1.82, 2.24) is 10.2 Å². The van der Waals surface area contributed by atoms with Gasteiger partial charge in [-0.1, -0.05) is 38.0 Å². The Morgan fingerprint density at radius 2 is 2.03 bits per heavy atom. The van der Waals surface area contributed by atoms with Crippen molar-refractivity contribution in [3.63, 3.8) is 0 Å². The SMILES string of the molecule is CC1CCCCC12NC(=O)N(CC(=O)OCC(=O)N(CC#N)c1ccccc1)C2=O. The number of urea groups is 1. The van der Waals surface area contributed by atoms with E-state index in [1.54, 1.807) is 30.3 Å². The lowest BCUT2D eigenvalue weighted by Gasteiger charge is -2.36. The summed E-state index contributed by atoms with van der Waals surface area (Å²) in [5, 5.41) is 11.7. The van der Waals surface area contributed by atoms with Crippen molar-refractivity contribution in [3.8, 4) is 6.07 Å². The van der Waals surface area contributed by atoms with Crippen molar-refractivity contribution < 1.29 is 23.9 Å². The molecule has 2 fully saturated rings. The highest BCUT2D eigenvalue weighted by Crippen LogP contribution is 2.38. The van der Waals surface area contributed by atoms with Crippen molar-refractivity contribution in [1.29, 1.82) is 5.26 Å². The Morgan fingerprint density at radius 3 is 2.70 bits per heavy atom. The van der Waals surface area contributed by atoms with Gasteiger partial charge < -0.3 is 10.1 Å². The third-order valence-electron chi connectivity index (χ3n) is 5.74. The molecule has 2 unspecified atom stereocenters. The van der Waals surface area contributed by atoms with Crippen LogP contribution in [0.3, 0.4) is 0 Å². The molecule has 9 nitrogen and oxygen atoms in total. The number of anilines is 1. The minimum absolute atomic E-state index is 0.0179. The molecule has 1 heterocycles. The number of amides is 4. The number of hydrogen-bond donors (Lipinski definition) is 1. The molecule has 1 aromatic rings. The summed E-state index contributed by atoms with van der Waals surface area (Å²) in [6.07, 6.45) is 3.20. The monoisotopic (exact) mass is 412 g/mol. The highest BCUT2D eigenvalue weighted by Gasteiger charge is 2.55. The summed E-state index contributed by atoms with van der Waals surface area (Å²) >= 11 is 0. The third-order valence-corrected chi connectivity index (χ3v) is 5.74. The third kappa shape index (κ3) is 4.13. The fourth-order valence-electron chi connectivity index (χ4n) is 4.04. The normalized spacial score (nSPS) is 23.1. The lowest BCUT2D eigenvalue weighted by molar-refractivity contribution is -0.151. The molecule has 1 aliphatic carbocycles. The molecule has 1 N–H and O–H groups in total. The zero-order valence-corrected chi connectivity index (χ0v) is 16.8. The van der Waals surface area contributed by atoms with Gasteiger partial charge in [-0.05, 0) is 30.9 Å². The molecular weight excluding hydrogens is 388 g/mol. The first-order valence-electron chi connectivity index (χ1n) is 9.91. The van der Waals surface area contributed by atoms with E-state index in [1.807, 2.05) is 13.0 Å². The Kier molecular flexibility index (Phi) is 6.35. The Labute approximate surface area is 174 Å². The molecule has 1 aliphatic heterocycles. The number of benzene rings is 1. The van der Waals surface area contributed by atoms with Crippen LogP contribution in [-0.2, 0) is 19.1 Å². The van der Waals surface area contributed by atoms with Crippen LogP contribution in [0.25, 0.3) is 0 Å². The van der Waals surface area contributed by atoms with E-state index >= 15 is 0 Å². The van der Waals surface area contributed by atoms with E-state index in [2.05, 4.69) is 5.32 Å². The maximum absolute atomic E-state index is 12.9. The van der Waals surface area contributed by atoms with Crippen LogP contribution >= 0.6 is 0 Å². The first-order valence-corrected chi connectivity index (χ1v) is 9.91. The number of rotatable bonds is 6. The van der Waals surface area contributed by atoms with E-state index in [9.17, 15) is 19.2 Å². The van der Waals surface area contributed by atoms with E-state index < -0.39 is 42.5 Å². The fourth-order valence-corrected chi connectivity index (χ4v) is 4.04. The Bertz CT molecular complexity index is 881. The quantitative estimate of drug-likeness (QED) is 0.430. The number of nitrogens with one attached hydrogen (secondary N) is 1. The molecule has 9 heteroatoms. The van der Waals surface area contributed by atoms with Crippen LogP contribution in [0, 0.1) is 17.2 Å². The molecule has 1 saturated carbocycles. The van der Waals surface area contributed by atoms with Gasteiger partial charge in [0.05, 0.1) is 6.07 Å². The second kappa shape index (κ2) is 8.95. The van der Waals surface area contributed by atoms with Crippen molar-refractivity contribution in [2.75, 3.05) is 24.6 Å². The van der Waals surface area contributed by atoms with E-state index in [-0.39, 0.29) is 12.5 Å². The lowest BCUT2D eigenvalue weighted by atomic mass is 9.73. The first kappa shape index (κ1) is 21.3. The first-order chi connectivity index (χ1) is 14.4. The number of esters is 1. The maximum atomic E-state index is 12.9. The number of imide groups is 1. The molecule has 3 rings (SSSR count). The van der Waals surface area contributed by atoms with Crippen molar-refractivity contribution in [3.05, 3.63) is 30.3 Å². The van der Waals surface area contributed by atoms with Gasteiger partial charge in [-0.15, -0.1) is 0 Å². The van der Waals surface area contributed by atoms with Gasteiger partial charge in [0.1, 0.15) is 18.6 Å². The van der Waals surface area contributed by atoms with Crippen molar-refractivity contribution in [2.45, 2.75) is 38.1 Å². The maximum Gasteiger partial charge on any atom is 0.326 e. The Hall–Kier alpha value is -3.41. The smallest absolute Gasteiger partial charge is 0.326 e. The van der Waals surface area contributed by atoms with Crippen LogP contribution in [0.4, 0.5) is 10.5 Å². The summed E-state index contributed by atoms with van der Waals surface area (Å²) in [6.45, 7) is 0.565. The predicted molar refractivity (Wildman–Crippen MR) is 106 cm³/mol. The number of nitriles is 1. The topological polar surface area (TPSA) is 120 Å². The van der Waals surface area contributed by atoms with Crippen molar-refractivity contribution >= 4 is 29.5 Å². The van der Waals surface area contributed by atoms with Crippen LogP contribution < -0.4 is 10.2 Å². The zero-order chi connectivity index (χ0) is 21.7. The molecule has 4 amide bonds. The lowest BCUT2D eigenvalue weighted by Crippen LogP contribution is -2.54. The van der Waals surface area contributed by atoms with Gasteiger partial charge in [-0.25, -0.2) is 4.79 Å². The summed E-state index contributed by atoms with van der Waals surface area (Å²) in [6, 6.07) is 9.82. The van der Waals surface area contributed by atoms with Crippen LogP contribution in [0.15, 0.2) is 30.3 Å². The standard InChI is InChI=1S/C21H24N4O5/c1-15-7-5-6-10-21(15)19(28)25(20(29)23-21)13-18(27)30-14-17(26)24(12-11-22)16-8-3-2-4-9-16/h2-4,8-9,15H,5-7,10,12-14H2,1H3,(H,23,29). The Morgan fingerprint density at radius 1 is 1.30 bits per heavy atom. The van der Waals surface area contributed by atoms with E-state index in [1.165, 1.54) is 4.90 Å². The van der Waals surface area contributed by atoms with Gasteiger partial charge in [0.25, 0.3) is 11.8 Å². The van der Waals surface area contributed by atoms with Gasteiger partial charge >= 0.3 is 12.0 Å². The van der Waals surface area contributed by atoms with Gasteiger partial charge in [0.2, 0.25) is 0 Å². The van der Waals surface area contributed by atoms with Crippen molar-refractivity contribution in [2.24, 2.45) is 5.92 Å².